The molecule has 2 aromatic carbocycles. The number of aromatic amines is 1. The fourth-order valence-corrected chi connectivity index (χ4v) is 4.58. The van der Waals surface area contributed by atoms with Crippen LogP contribution in [0.4, 0.5) is 0 Å². The van der Waals surface area contributed by atoms with Crippen molar-refractivity contribution < 1.29 is 9.90 Å². The molecule has 3 N–H and O–H groups in total. The van der Waals surface area contributed by atoms with Crippen molar-refractivity contribution in [2.24, 2.45) is 5.92 Å². The monoisotopic (exact) mass is 405 g/mol. The van der Waals surface area contributed by atoms with Gasteiger partial charge in [-0.3, -0.25) is 4.79 Å². The molecule has 1 aliphatic carbocycles. The van der Waals surface area contributed by atoms with E-state index < -0.39 is 5.60 Å². The van der Waals surface area contributed by atoms with Gasteiger partial charge in [-0.2, -0.15) is 0 Å². The Morgan fingerprint density at radius 2 is 1.80 bits per heavy atom. The molecule has 3 aromatic rings. The molecule has 1 aromatic heterocycles. The van der Waals surface area contributed by atoms with E-state index in [1.54, 1.807) is 12.5 Å². The minimum absolute atomic E-state index is 0.00372. The van der Waals surface area contributed by atoms with Gasteiger partial charge in [0, 0.05) is 11.6 Å². The highest BCUT2D eigenvalue weighted by Crippen LogP contribution is 2.36. The van der Waals surface area contributed by atoms with E-state index in [9.17, 15) is 9.90 Å². The number of benzene rings is 2. The molecule has 30 heavy (non-hydrogen) atoms. The summed E-state index contributed by atoms with van der Waals surface area (Å²) in [6.45, 7) is 3.98. The van der Waals surface area contributed by atoms with E-state index >= 15 is 0 Å². The molecule has 0 spiro atoms. The van der Waals surface area contributed by atoms with Gasteiger partial charge in [0.05, 0.1) is 18.2 Å². The molecule has 1 saturated carbocycles. The Bertz CT molecular complexity index is 1000. The van der Waals surface area contributed by atoms with E-state index in [1.807, 2.05) is 50.2 Å². The Labute approximate surface area is 177 Å². The molecule has 1 aliphatic rings. The van der Waals surface area contributed by atoms with Crippen molar-refractivity contribution in [2.45, 2.75) is 64.0 Å². The molecule has 0 bridgehead atoms. The number of nitrogens with zero attached hydrogens (tertiary/aromatic N) is 1. The Balaban J connectivity index is 1.60. The average molecular weight is 406 g/mol. The van der Waals surface area contributed by atoms with Crippen molar-refractivity contribution in [1.29, 1.82) is 0 Å². The molecule has 0 aliphatic heterocycles. The smallest absolute Gasteiger partial charge is 0.251 e. The Hall–Kier alpha value is -2.66. The lowest BCUT2D eigenvalue weighted by Crippen LogP contribution is -2.34. The van der Waals surface area contributed by atoms with Gasteiger partial charge in [0.1, 0.15) is 5.60 Å². The highest BCUT2D eigenvalue weighted by Gasteiger charge is 2.36. The molecular weight excluding hydrogens is 374 g/mol. The van der Waals surface area contributed by atoms with Crippen LogP contribution in [0.1, 0.15) is 74.0 Å². The first kappa shape index (κ1) is 20.6. The molecule has 5 heteroatoms. The Morgan fingerprint density at radius 1 is 1.10 bits per heavy atom. The van der Waals surface area contributed by atoms with Gasteiger partial charge in [-0.15, -0.1) is 0 Å². The van der Waals surface area contributed by atoms with Gasteiger partial charge in [-0.25, -0.2) is 4.98 Å². The maximum atomic E-state index is 12.8. The van der Waals surface area contributed by atoms with Gasteiger partial charge in [-0.05, 0) is 53.3 Å². The van der Waals surface area contributed by atoms with Crippen molar-refractivity contribution in [3.63, 3.8) is 0 Å². The number of carbonyl (C=O) groups is 1. The number of hydrogen-bond donors (Lipinski definition) is 3. The SMILES string of the molecule is CC(C)C(O)(c1ccc2cc(C(=O)NC3CCCCCC3)ccc2c1)c1cnc[nH]1. The van der Waals surface area contributed by atoms with E-state index in [0.717, 1.165) is 29.2 Å². The highest BCUT2D eigenvalue weighted by molar-refractivity contribution is 5.98. The maximum absolute atomic E-state index is 12.8. The predicted octanol–water partition coefficient (Wildman–Crippen LogP) is 4.91. The van der Waals surface area contributed by atoms with Gasteiger partial charge < -0.3 is 15.4 Å². The molecule has 1 fully saturated rings. The number of aliphatic hydroxyl groups is 1. The average Bonchev–Trinajstić information content (AvgIpc) is 3.18. The fraction of sp³-hybridized carbons (Fsp3) is 0.440. The van der Waals surface area contributed by atoms with Crippen molar-refractivity contribution in [1.82, 2.24) is 15.3 Å². The molecule has 158 valence electrons. The summed E-state index contributed by atoms with van der Waals surface area (Å²) < 4.78 is 0. The molecule has 1 unspecified atom stereocenters. The summed E-state index contributed by atoms with van der Waals surface area (Å²) in [6, 6.07) is 12.0. The third-order valence-corrected chi connectivity index (χ3v) is 6.48. The summed E-state index contributed by atoms with van der Waals surface area (Å²) in [4.78, 5) is 19.9. The first-order valence-electron chi connectivity index (χ1n) is 11.0. The number of aromatic nitrogens is 2. The van der Waals surface area contributed by atoms with Gasteiger partial charge in [-0.1, -0.05) is 57.7 Å². The second kappa shape index (κ2) is 8.60. The van der Waals surface area contributed by atoms with Crippen molar-refractivity contribution >= 4 is 16.7 Å². The van der Waals surface area contributed by atoms with Gasteiger partial charge >= 0.3 is 0 Å². The van der Waals surface area contributed by atoms with E-state index in [1.165, 1.54) is 25.7 Å². The van der Waals surface area contributed by atoms with E-state index in [0.29, 0.717) is 11.3 Å². The van der Waals surface area contributed by atoms with Crippen molar-refractivity contribution in [2.75, 3.05) is 0 Å². The zero-order valence-electron chi connectivity index (χ0n) is 17.8. The number of imidazole rings is 1. The van der Waals surface area contributed by atoms with E-state index in [2.05, 4.69) is 15.3 Å². The van der Waals surface area contributed by atoms with Gasteiger partial charge in [0.2, 0.25) is 0 Å². The number of amides is 1. The van der Waals surface area contributed by atoms with Crippen LogP contribution >= 0.6 is 0 Å². The predicted molar refractivity (Wildman–Crippen MR) is 119 cm³/mol. The molecule has 4 rings (SSSR count). The third-order valence-electron chi connectivity index (χ3n) is 6.48. The Kier molecular flexibility index (Phi) is 5.91. The molecule has 5 nitrogen and oxygen atoms in total. The second-order valence-corrected chi connectivity index (χ2v) is 8.83. The number of hydrogen-bond acceptors (Lipinski definition) is 3. The minimum atomic E-state index is -1.15. The maximum Gasteiger partial charge on any atom is 0.251 e. The van der Waals surface area contributed by atoms with Crippen LogP contribution in [0.5, 0.6) is 0 Å². The lowest BCUT2D eigenvalue weighted by molar-refractivity contribution is 0.0280. The number of H-pyrrole nitrogens is 1. The van der Waals surface area contributed by atoms with Crippen molar-refractivity contribution in [3.8, 4) is 0 Å². The van der Waals surface area contributed by atoms with Crippen LogP contribution in [0.25, 0.3) is 10.8 Å². The normalized spacial score (nSPS) is 17.6. The lowest BCUT2D eigenvalue weighted by Gasteiger charge is -2.32. The van der Waals surface area contributed by atoms with Crippen LogP contribution in [-0.4, -0.2) is 27.0 Å². The van der Waals surface area contributed by atoms with E-state index in [4.69, 9.17) is 0 Å². The van der Waals surface area contributed by atoms with Crippen LogP contribution < -0.4 is 5.32 Å². The lowest BCUT2D eigenvalue weighted by atomic mass is 9.80. The summed E-state index contributed by atoms with van der Waals surface area (Å²) in [7, 11) is 0. The zero-order chi connectivity index (χ0) is 21.1. The largest absolute Gasteiger partial charge is 0.379 e. The third kappa shape index (κ3) is 3.99. The van der Waals surface area contributed by atoms with Crippen LogP contribution in [0.3, 0.4) is 0 Å². The first-order chi connectivity index (χ1) is 14.5. The molecular formula is C25H31N3O2. The van der Waals surface area contributed by atoms with E-state index in [-0.39, 0.29) is 17.9 Å². The second-order valence-electron chi connectivity index (χ2n) is 8.83. The summed E-state index contributed by atoms with van der Waals surface area (Å²) in [5, 5.41) is 16.7. The molecule has 1 atom stereocenters. The Morgan fingerprint density at radius 3 is 2.47 bits per heavy atom. The number of carbonyl (C=O) groups excluding carboxylic acids is 1. The molecule has 1 heterocycles. The van der Waals surface area contributed by atoms with Gasteiger partial charge in [0.25, 0.3) is 5.91 Å². The van der Waals surface area contributed by atoms with Crippen LogP contribution in [0.15, 0.2) is 48.9 Å². The quantitative estimate of drug-likeness (QED) is 0.528. The molecule has 0 saturated heterocycles. The number of fused-ring (bicyclic) bond motifs is 1. The summed E-state index contributed by atoms with van der Waals surface area (Å²) in [5.74, 6) is -0.0379. The highest BCUT2D eigenvalue weighted by atomic mass is 16.3. The van der Waals surface area contributed by atoms with Crippen LogP contribution in [-0.2, 0) is 5.60 Å². The number of nitrogens with one attached hydrogen (secondary N) is 2. The first-order valence-corrected chi connectivity index (χ1v) is 11.0. The van der Waals surface area contributed by atoms with Crippen LogP contribution in [0.2, 0.25) is 0 Å². The molecule has 1 amide bonds. The van der Waals surface area contributed by atoms with Crippen LogP contribution in [0, 0.1) is 5.92 Å². The van der Waals surface area contributed by atoms with Gasteiger partial charge in [0.15, 0.2) is 0 Å². The standard InChI is InChI=1S/C25H31N3O2/c1-17(2)25(30,23-15-26-16-27-23)21-12-11-18-13-20(10-9-19(18)14-21)24(29)28-22-7-5-3-4-6-8-22/h9-17,22,30H,3-8H2,1-2H3,(H,26,27)(H,28,29). The number of rotatable bonds is 5. The summed E-state index contributed by atoms with van der Waals surface area (Å²) in [5.41, 5.74) is 1.02. The topological polar surface area (TPSA) is 78.0 Å². The molecule has 0 radical (unpaired) electrons. The summed E-state index contributed by atoms with van der Waals surface area (Å²) >= 11 is 0. The zero-order valence-corrected chi connectivity index (χ0v) is 17.8. The fourth-order valence-electron chi connectivity index (χ4n) is 4.58. The summed E-state index contributed by atoms with van der Waals surface area (Å²) in [6.07, 6.45) is 10.3. The van der Waals surface area contributed by atoms with Crippen molar-refractivity contribution in [3.05, 3.63) is 65.7 Å². The minimum Gasteiger partial charge on any atom is -0.379 e.